The molecule has 1 aliphatic carbocycles. The van der Waals surface area contributed by atoms with Crippen LogP contribution in [0, 0.1) is 0 Å². The van der Waals surface area contributed by atoms with Gasteiger partial charge in [-0.25, -0.2) is 4.68 Å². The molecule has 10 heteroatoms. The largest absolute Gasteiger partial charge is 0.322 e. The lowest BCUT2D eigenvalue weighted by Crippen LogP contribution is -2.52. The molecule has 3 aliphatic rings. The third-order valence-corrected chi connectivity index (χ3v) is 6.97. The Morgan fingerprint density at radius 1 is 1.19 bits per heavy atom. The summed E-state index contributed by atoms with van der Waals surface area (Å²) < 4.78 is 1.75. The molecule has 0 spiro atoms. The van der Waals surface area contributed by atoms with Crippen LogP contribution in [-0.4, -0.2) is 48.9 Å². The van der Waals surface area contributed by atoms with Gasteiger partial charge in [0.05, 0.1) is 5.54 Å². The van der Waals surface area contributed by atoms with Crippen LogP contribution in [0.15, 0.2) is 18.2 Å². The SMILES string of the molecule is Cn1nnnc1C1(NCc2ccc3c(c2)CN(C2CCC(=O)NC2=O)C3=O)CCCCC1. The Balaban J connectivity index is 1.32. The van der Waals surface area contributed by atoms with Crippen molar-refractivity contribution >= 4 is 17.7 Å². The van der Waals surface area contributed by atoms with Gasteiger partial charge in [-0.05, 0) is 46.9 Å². The zero-order chi connectivity index (χ0) is 22.3. The lowest BCUT2D eigenvalue weighted by molar-refractivity contribution is -0.136. The zero-order valence-corrected chi connectivity index (χ0v) is 18.1. The molecule has 1 saturated carbocycles. The van der Waals surface area contributed by atoms with Gasteiger partial charge in [0, 0.05) is 32.1 Å². The Morgan fingerprint density at radius 2 is 2.00 bits per heavy atom. The summed E-state index contributed by atoms with van der Waals surface area (Å²) in [6.45, 7) is 1.01. The van der Waals surface area contributed by atoms with Crippen LogP contribution in [0.4, 0.5) is 0 Å². The van der Waals surface area contributed by atoms with Crippen molar-refractivity contribution < 1.29 is 14.4 Å². The van der Waals surface area contributed by atoms with E-state index in [4.69, 9.17) is 0 Å². The van der Waals surface area contributed by atoms with Crippen molar-refractivity contribution in [1.82, 2.24) is 35.7 Å². The summed E-state index contributed by atoms with van der Waals surface area (Å²) in [5.74, 6) is 0.0415. The monoisotopic (exact) mass is 437 g/mol. The maximum absolute atomic E-state index is 12.9. The fourth-order valence-corrected chi connectivity index (χ4v) is 5.28. The van der Waals surface area contributed by atoms with Crippen molar-refractivity contribution in [2.45, 2.75) is 69.6 Å². The Kier molecular flexibility index (Phi) is 5.24. The first kappa shape index (κ1) is 20.7. The van der Waals surface area contributed by atoms with Gasteiger partial charge in [0.15, 0.2) is 5.82 Å². The van der Waals surface area contributed by atoms with Crippen LogP contribution in [-0.2, 0) is 35.3 Å². The van der Waals surface area contributed by atoms with Crippen molar-refractivity contribution in [3.63, 3.8) is 0 Å². The molecule has 5 rings (SSSR count). The van der Waals surface area contributed by atoms with Crippen LogP contribution in [0.2, 0.25) is 0 Å². The molecule has 0 radical (unpaired) electrons. The molecule has 1 aromatic heterocycles. The van der Waals surface area contributed by atoms with E-state index >= 15 is 0 Å². The summed E-state index contributed by atoms with van der Waals surface area (Å²) in [4.78, 5) is 38.2. The molecule has 3 amide bonds. The lowest BCUT2D eigenvalue weighted by atomic mass is 9.80. The summed E-state index contributed by atoms with van der Waals surface area (Å²) in [6.07, 6.45) is 6.05. The van der Waals surface area contributed by atoms with Crippen molar-refractivity contribution in [2.24, 2.45) is 7.05 Å². The van der Waals surface area contributed by atoms with E-state index in [0.717, 1.165) is 42.6 Å². The molecule has 168 valence electrons. The molecular formula is C22H27N7O3. The van der Waals surface area contributed by atoms with E-state index in [1.54, 1.807) is 9.58 Å². The fourth-order valence-electron chi connectivity index (χ4n) is 5.28. The number of carbonyl (C=O) groups is 3. The molecule has 1 atom stereocenters. The minimum atomic E-state index is -0.594. The number of imide groups is 1. The van der Waals surface area contributed by atoms with E-state index in [-0.39, 0.29) is 29.7 Å². The predicted octanol–water partition coefficient (Wildman–Crippen LogP) is 0.920. The highest BCUT2D eigenvalue weighted by Crippen LogP contribution is 2.36. The van der Waals surface area contributed by atoms with Gasteiger partial charge in [0.25, 0.3) is 5.91 Å². The van der Waals surface area contributed by atoms with E-state index in [1.807, 2.05) is 25.2 Å². The Labute approximate surface area is 185 Å². The number of benzene rings is 1. The number of carbonyl (C=O) groups excluding carboxylic acids is 3. The van der Waals surface area contributed by atoms with Crippen LogP contribution in [0.5, 0.6) is 0 Å². The van der Waals surface area contributed by atoms with E-state index in [9.17, 15) is 14.4 Å². The highest BCUT2D eigenvalue weighted by Gasteiger charge is 2.40. The lowest BCUT2D eigenvalue weighted by Gasteiger charge is -2.36. The van der Waals surface area contributed by atoms with E-state index < -0.39 is 6.04 Å². The molecule has 1 unspecified atom stereocenters. The van der Waals surface area contributed by atoms with Gasteiger partial charge >= 0.3 is 0 Å². The molecule has 1 aromatic carbocycles. The predicted molar refractivity (Wildman–Crippen MR) is 113 cm³/mol. The molecule has 10 nitrogen and oxygen atoms in total. The van der Waals surface area contributed by atoms with Gasteiger partial charge in [0.1, 0.15) is 6.04 Å². The molecule has 3 heterocycles. The average molecular weight is 438 g/mol. The van der Waals surface area contributed by atoms with Crippen LogP contribution in [0.3, 0.4) is 0 Å². The quantitative estimate of drug-likeness (QED) is 0.667. The maximum atomic E-state index is 12.9. The van der Waals surface area contributed by atoms with Crippen LogP contribution in [0.25, 0.3) is 0 Å². The van der Waals surface area contributed by atoms with Crippen LogP contribution in [0.1, 0.15) is 72.3 Å². The summed E-state index contributed by atoms with van der Waals surface area (Å²) >= 11 is 0. The number of piperidine rings is 1. The first-order chi connectivity index (χ1) is 15.5. The summed E-state index contributed by atoms with van der Waals surface area (Å²) in [7, 11) is 1.87. The van der Waals surface area contributed by atoms with Gasteiger partial charge in [0.2, 0.25) is 11.8 Å². The third kappa shape index (κ3) is 3.58. The second-order valence-electron chi connectivity index (χ2n) is 9.01. The van der Waals surface area contributed by atoms with Crippen molar-refractivity contribution in [2.75, 3.05) is 0 Å². The first-order valence-electron chi connectivity index (χ1n) is 11.2. The number of rotatable bonds is 5. The number of aryl methyl sites for hydroxylation is 1. The van der Waals surface area contributed by atoms with Gasteiger partial charge in [-0.15, -0.1) is 5.10 Å². The number of aromatic nitrogens is 4. The van der Waals surface area contributed by atoms with Gasteiger partial charge < -0.3 is 10.2 Å². The number of nitrogens with zero attached hydrogens (tertiary/aromatic N) is 5. The highest BCUT2D eigenvalue weighted by atomic mass is 16.2. The topological polar surface area (TPSA) is 122 Å². The van der Waals surface area contributed by atoms with Crippen LogP contribution < -0.4 is 10.6 Å². The fraction of sp³-hybridized carbons (Fsp3) is 0.545. The number of hydrogen-bond acceptors (Lipinski definition) is 7. The molecule has 2 fully saturated rings. The minimum absolute atomic E-state index is 0.150. The van der Waals surface area contributed by atoms with Crippen molar-refractivity contribution in [3.05, 3.63) is 40.7 Å². The number of tetrazole rings is 1. The molecule has 0 bridgehead atoms. The number of hydrogen-bond donors (Lipinski definition) is 2. The van der Waals surface area contributed by atoms with E-state index in [0.29, 0.717) is 25.1 Å². The molecule has 32 heavy (non-hydrogen) atoms. The third-order valence-electron chi connectivity index (χ3n) is 6.97. The second kappa shape index (κ2) is 8.09. The summed E-state index contributed by atoms with van der Waals surface area (Å²) in [5.41, 5.74) is 2.35. The normalized spacial score (nSPS) is 22.7. The smallest absolute Gasteiger partial charge is 0.255 e. The number of nitrogens with one attached hydrogen (secondary N) is 2. The van der Waals surface area contributed by atoms with E-state index in [2.05, 4.69) is 26.2 Å². The zero-order valence-electron chi connectivity index (χ0n) is 18.1. The Bertz CT molecular complexity index is 1070. The first-order valence-corrected chi connectivity index (χ1v) is 11.2. The summed E-state index contributed by atoms with van der Waals surface area (Å²) in [5, 5.41) is 18.2. The van der Waals surface area contributed by atoms with Crippen molar-refractivity contribution in [3.8, 4) is 0 Å². The number of fused-ring (bicyclic) bond motifs is 1. The van der Waals surface area contributed by atoms with Crippen LogP contribution >= 0.6 is 0 Å². The van der Waals surface area contributed by atoms with E-state index in [1.165, 1.54) is 6.42 Å². The maximum Gasteiger partial charge on any atom is 0.255 e. The van der Waals surface area contributed by atoms with Crippen molar-refractivity contribution in [1.29, 1.82) is 0 Å². The molecular weight excluding hydrogens is 410 g/mol. The Hall–Kier alpha value is -3.14. The van der Waals surface area contributed by atoms with Gasteiger partial charge in [-0.1, -0.05) is 31.4 Å². The Morgan fingerprint density at radius 3 is 2.72 bits per heavy atom. The second-order valence-corrected chi connectivity index (χ2v) is 9.01. The van der Waals surface area contributed by atoms with Gasteiger partial charge in [-0.2, -0.15) is 0 Å². The summed E-state index contributed by atoms with van der Waals surface area (Å²) in [6, 6.07) is 5.25. The molecule has 2 aliphatic heterocycles. The highest BCUT2D eigenvalue weighted by molar-refractivity contribution is 6.05. The number of amides is 3. The average Bonchev–Trinajstić information content (AvgIpc) is 3.36. The minimum Gasteiger partial charge on any atom is -0.322 e. The molecule has 2 N–H and O–H groups in total. The van der Waals surface area contributed by atoms with Gasteiger partial charge in [-0.3, -0.25) is 19.7 Å². The standard InChI is InChI=1S/C22H27N7O3/c1-28-21(25-26-27-28)22(9-3-2-4-10-22)23-12-14-5-6-16-15(11-14)13-29(20(16)32)17-7-8-18(30)24-19(17)31/h5-6,11,17,23H,2-4,7-10,12-13H2,1H3,(H,24,30,31). The molecule has 2 aromatic rings. The molecule has 1 saturated heterocycles.